The first kappa shape index (κ1) is 17.0. The second-order valence-corrected chi connectivity index (χ2v) is 5.63. The van der Waals surface area contributed by atoms with Gasteiger partial charge in [-0.3, -0.25) is 4.79 Å². The number of hydrogen-bond acceptors (Lipinski definition) is 3. The highest BCUT2D eigenvalue weighted by Crippen LogP contribution is 2.19. The lowest BCUT2D eigenvalue weighted by Gasteiger charge is -2.14. The monoisotopic (exact) mass is 312 g/mol. The maximum Gasteiger partial charge on any atom is 0.226 e. The molecule has 4 nitrogen and oxygen atoms in total. The number of anilines is 1. The van der Waals surface area contributed by atoms with Crippen molar-refractivity contribution in [2.75, 3.05) is 5.32 Å². The van der Waals surface area contributed by atoms with Crippen molar-refractivity contribution in [3.8, 4) is 5.75 Å². The van der Waals surface area contributed by atoms with E-state index in [-0.39, 0.29) is 24.5 Å². The summed E-state index contributed by atoms with van der Waals surface area (Å²) in [5.74, 6) is 0.704. The normalized spacial score (nSPS) is 13.2. The van der Waals surface area contributed by atoms with E-state index < -0.39 is 0 Å². The van der Waals surface area contributed by atoms with Gasteiger partial charge in [-0.15, -0.1) is 0 Å². The molecule has 1 amide bonds. The van der Waals surface area contributed by atoms with Crippen LogP contribution in [-0.2, 0) is 4.79 Å². The summed E-state index contributed by atoms with van der Waals surface area (Å²) >= 11 is 0. The maximum atomic E-state index is 12.1. The van der Waals surface area contributed by atoms with Crippen molar-refractivity contribution in [1.29, 1.82) is 0 Å². The number of ether oxygens (including phenoxy) is 1. The van der Waals surface area contributed by atoms with Crippen LogP contribution in [0.25, 0.3) is 0 Å². The van der Waals surface area contributed by atoms with Gasteiger partial charge >= 0.3 is 0 Å². The molecule has 0 saturated heterocycles. The average molecular weight is 312 g/mol. The highest BCUT2D eigenvalue weighted by Gasteiger charge is 2.11. The van der Waals surface area contributed by atoms with Crippen LogP contribution in [0.15, 0.2) is 54.6 Å². The second-order valence-electron chi connectivity index (χ2n) is 5.63. The van der Waals surface area contributed by atoms with Crippen molar-refractivity contribution in [1.82, 2.24) is 0 Å². The molecule has 2 unspecified atom stereocenters. The first-order valence-corrected chi connectivity index (χ1v) is 7.95. The van der Waals surface area contributed by atoms with Crippen molar-refractivity contribution >= 4 is 11.6 Å². The van der Waals surface area contributed by atoms with Crippen molar-refractivity contribution < 1.29 is 9.53 Å². The van der Waals surface area contributed by atoms with Gasteiger partial charge in [-0.05, 0) is 43.2 Å². The smallest absolute Gasteiger partial charge is 0.226 e. The minimum atomic E-state index is -0.302. The number of nitrogens with one attached hydrogen (secondary N) is 1. The number of rotatable bonds is 7. The van der Waals surface area contributed by atoms with Crippen LogP contribution in [0.1, 0.15) is 38.3 Å². The summed E-state index contributed by atoms with van der Waals surface area (Å²) in [6.45, 7) is 4.11. The van der Waals surface area contributed by atoms with Crippen LogP contribution in [0.3, 0.4) is 0 Å². The number of carbonyl (C=O) groups excluding carboxylic acids is 1. The van der Waals surface area contributed by atoms with Gasteiger partial charge in [-0.1, -0.05) is 37.3 Å². The van der Waals surface area contributed by atoms with E-state index in [4.69, 9.17) is 10.5 Å². The SMILES string of the molecule is CCC(C)Oc1ccc(NC(=O)CC(N)c2ccccc2)cc1. The molecular weight excluding hydrogens is 288 g/mol. The van der Waals surface area contributed by atoms with Crippen LogP contribution in [0, 0.1) is 0 Å². The van der Waals surface area contributed by atoms with Gasteiger partial charge in [-0.25, -0.2) is 0 Å². The van der Waals surface area contributed by atoms with Crippen LogP contribution in [0.2, 0.25) is 0 Å². The number of amides is 1. The molecule has 2 rings (SSSR count). The molecule has 0 bridgehead atoms. The quantitative estimate of drug-likeness (QED) is 0.815. The molecule has 0 aliphatic rings. The van der Waals surface area contributed by atoms with Crippen molar-refractivity contribution in [3.63, 3.8) is 0 Å². The maximum absolute atomic E-state index is 12.1. The lowest BCUT2D eigenvalue weighted by molar-refractivity contribution is -0.116. The lowest BCUT2D eigenvalue weighted by Crippen LogP contribution is -2.20. The third-order valence-electron chi connectivity index (χ3n) is 3.68. The van der Waals surface area contributed by atoms with E-state index in [2.05, 4.69) is 12.2 Å². The van der Waals surface area contributed by atoms with Crippen LogP contribution < -0.4 is 15.8 Å². The van der Waals surface area contributed by atoms with E-state index in [1.54, 1.807) is 0 Å². The zero-order valence-electron chi connectivity index (χ0n) is 13.7. The van der Waals surface area contributed by atoms with Gasteiger partial charge in [0.25, 0.3) is 0 Å². The van der Waals surface area contributed by atoms with Gasteiger partial charge in [0, 0.05) is 18.2 Å². The fraction of sp³-hybridized carbons (Fsp3) is 0.316. The molecule has 2 atom stereocenters. The molecule has 2 aromatic rings. The molecule has 0 saturated carbocycles. The van der Waals surface area contributed by atoms with E-state index >= 15 is 0 Å². The zero-order valence-corrected chi connectivity index (χ0v) is 13.7. The summed E-state index contributed by atoms with van der Waals surface area (Å²) < 4.78 is 5.71. The summed E-state index contributed by atoms with van der Waals surface area (Å²) in [5, 5.41) is 2.86. The third-order valence-corrected chi connectivity index (χ3v) is 3.68. The number of nitrogens with two attached hydrogens (primary N) is 1. The molecule has 4 heteroatoms. The Kier molecular flexibility index (Phi) is 6.18. The fourth-order valence-electron chi connectivity index (χ4n) is 2.16. The fourth-order valence-corrected chi connectivity index (χ4v) is 2.16. The predicted molar refractivity (Wildman–Crippen MR) is 93.4 cm³/mol. The number of hydrogen-bond donors (Lipinski definition) is 2. The Bertz CT molecular complexity index is 611. The molecule has 122 valence electrons. The van der Waals surface area contributed by atoms with Crippen LogP contribution in [0.5, 0.6) is 5.75 Å². The molecule has 0 aliphatic heterocycles. The Morgan fingerprint density at radius 2 is 1.78 bits per heavy atom. The Hall–Kier alpha value is -2.33. The van der Waals surface area contributed by atoms with Crippen molar-refractivity contribution in [3.05, 3.63) is 60.2 Å². The van der Waals surface area contributed by atoms with E-state index in [0.717, 1.165) is 23.4 Å². The van der Waals surface area contributed by atoms with Crippen LogP contribution in [-0.4, -0.2) is 12.0 Å². The van der Waals surface area contributed by atoms with E-state index in [1.807, 2.05) is 61.5 Å². The summed E-state index contributed by atoms with van der Waals surface area (Å²) in [6.07, 6.45) is 1.38. The summed E-state index contributed by atoms with van der Waals surface area (Å²) in [6, 6.07) is 16.7. The minimum absolute atomic E-state index is 0.100. The molecule has 0 heterocycles. The Balaban J connectivity index is 1.87. The Labute approximate surface area is 137 Å². The van der Waals surface area contributed by atoms with Gasteiger partial charge in [0.05, 0.1) is 6.10 Å². The van der Waals surface area contributed by atoms with Gasteiger partial charge in [0.15, 0.2) is 0 Å². The molecule has 2 aromatic carbocycles. The minimum Gasteiger partial charge on any atom is -0.491 e. The molecular formula is C19H24N2O2. The number of carbonyl (C=O) groups is 1. The average Bonchev–Trinajstić information content (AvgIpc) is 2.57. The summed E-state index contributed by atoms with van der Waals surface area (Å²) in [7, 11) is 0. The molecule has 0 radical (unpaired) electrons. The van der Waals surface area contributed by atoms with E-state index in [1.165, 1.54) is 0 Å². The lowest BCUT2D eigenvalue weighted by atomic mass is 10.0. The Morgan fingerprint density at radius 1 is 1.13 bits per heavy atom. The summed E-state index contributed by atoms with van der Waals surface area (Å²) in [5.41, 5.74) is 7.76. The molecule has 3 N–H and O–H groups in total. The highest BCUT2D eigenvalue weighted by molar-refractivity contribution is 5.91. The third kappa shape index (κ3) is 5.42. The van der Waals surface area contributed by atoms with Crippen LogP contribution in [0.4, 0.5) is 5.69 Å². The van der Waals surface area contributed by atoms with Crippen LogP contribution >= 0.6 is 0 Å². The van der Waals surface area contributed by atoms with Gasteiger partial charge in [0.2, 0.25) is 5.91 Å². The first-order valence-electron chi connectivity index (χ1n) is 7.95. The predicted octanol–water partition coefficient (Wildman–Crippen LogP) is 3.89. The largest absolute Gasteiger partial charge is 0.491 e. The number of benzene rings is 2. The van der Waals surface area contributed by atoms with Crippen molar-refractivity contribution in [2.24, 2.45) is 5.73 Å². The molecule has 0 aromatic heterocycles. The topological polar surface area (TPSA) is 64.3 Å². The van der Waals surface area contributed by atoms with Crippen molar-refractivity contribution in [2.45, 2.75) is 38.8 Å². The standard InChI is InChI=1S/C19H24N2O2/c1-3-14(2)23-17-11-9-16(10-12-17)21-19(22)13-18(20)15-7-5-4-6-8-15/h4-12,14,18H,3,13,20H2,1-2H3,(H,21,22). The molecule has 0 aliphatic carbocycles. The summed E-state index contributed by atoms with van der Waals surface area (Å²) in [4.78, 5) is 12.1. The molecule has 23 heavy (non-hydrogen) atoms. The molecule has 0 fully saturated rings. The van der Waals surface area contributed by atoms with Gasteiger partial charge in [0.1, 0.15) is 5.75 Å². The van der Waals surface area contributed by atoms with Gasteiger partial charge in [-0.2, -0.15) is 0 Å². The first-order chi connectivity index (χ1) is 11.1. The van der Waals surface area contributed by atoms with Gasteiger partial charge < -0.3 is 15.8 Å². The zero-order chi connectivity index (χ0) is 16.7. The Morgan fingerprint density at radius 3 is 2.39 bits per heavy atom. The second kappa shape index (κ2) is 8.34. The van der Waals surface area contributed by atoms with E-state index in [0.29, 0.717) is 0 Å². The molecule has 0 spiro atoms. The highest BCUT2D eigenvalue weighted by atomic mass is 16.5. The van der Waals surface area contributed by atoms with E-state index in [9.17, 15) is 4.79 Å².